The third-order valence-corrected chi connectivity index (χ3v) is 3.88. The van der Waals surface area contributed by atoms with Gasteiger partial charge in [0.15, 0.2) is 0 Å². The maximum Gasteiger partial charge on any atom is 0.134 e. The first-order chi connectivity index (χ1) is 10.8. The summed E-state index contributed by atoms with van der Waals surface area (Å²) < 4.78 is 4.33. The molecule has 0 radical (unpaired) electrons. The molecule has 0 saturated carbocycles. The molecule has 4 heteroatoms. The standard InChI is InChI=1S/C18H16N4/c1-14-11-19-13-21(14)12-18-20-16-9-5-6-10-17(16)22(18)15-7-3-2-4-8-15/h2-11,13H,12H2,1H3. The Morgan fingerprint density at radius 2 is 1.73 bits per heavy atom. The molecule has 108 valence electrons. The average molecular weight is 288 g/mol. The molecule has 0 fully saturated rings. The number of fused-ring (bicyclic) bond motifs is 1. The van der Waals surface area contributed by atoms with Gasteiger partial charge >= 0.3 is 0 Å². The second-order valence-electron chi connectivity index (χ2n) is 5.35. The highest BCUT2D eigenvalue weighted by Gasteiger charge is 2.12. The average Bonchev–Trinajstić information content (AvgIpc) is 3.12. The van der Waals surface area contributed by atoms with Crippen LogP contribution in [0.4, 0.5) is 0 Å². The minimum absolute atomic E-state index is 0.704. The van der Waals surface area contributed by atoms with Gasteiger partial charge in [0.1, 0.15) is 5.82 Å². The Balaban J connectivity index is 1.92. The number of nitrogens with zero attached hydrogens (tertiary/aromatic N) is 4. The maximum absolute atomic E-state index is 4.82. The van der Waals surface area contributed by atoms with Gasteiger partial charge in [-0.25, -0.2) is 9.97 Å². The maximum atomic E-state index is 4.82. The van der Waals surface area contributed by atoms with Crippen molar-refractivity contribution in [2.45, 2.75) is 13.5 Å². The summed E-state index contributed by atoms with van der Waals surface area (Å²) in [6, 6.07) is 18.6. The van der Waals surface area contributed by atoms with Crippen molar-refractivity contribution in [3.05, 3.63) is 78.6 Å². The van der Waals surface area contributed by atoms with Gasteiger partial charge in [0.25, 0.3) is 0 Å². The zero-order valence-corrected chi connectivity index (χ0v) is 12.3. The summed E-state index contributed by atoms with van der Waals surface area (Å²) in [5.41, 5.74) is 4.40. The first-order valence-corrected chi connectivity index (χ1v) is 7.31. The highest BCUT2D eigenvalue weighted by molar-refractivity contribution is 5.78. The van der Waals surface area contributed by atoms with Crippen LogP contribution in [-0.2, 0) is 6.54 Å². The van der Waals surface area contributed by atoms with Gasteiger partial charge in [-0.05, 0) is 31.2 Å². The molecule has 0 spiro atoms. The zero-order valence-electron chi connectivity index (χ0n) is 12.3. The van der Waals surface area contributed by atoms with Gasteiger partial charge in [-0.1, -0.05) is 30.3 Å². The van der Waals surface area contributed by atoms with Gasteiger partial charge in [0.2, 0.25) is 0 Å². The number of benzene rings is 2. The first kappa shape index (κ1) is 12.8. The van der Waals surface area contributed by atoms with E-state index in [1.54, 1.807) is 0 Å². The third-order valence-electron chi connectivity index (χ3n) is 3.88. The highest BCUT2D eigenvalue weighted by Crippen LogP contribution is 2.22. The van der Waals surface area contributed by atoms with Crippen LogP contribution in [0.25, 0.3) is 16.7 Å². The lowest BCUT2D eigenvalue weighted by Gasteiger charge is -2.10. The molecule has 4 aromatic rings. The monoisotopic (exact) mass is 288 g/mol. The van der Waals surface area contributed by atoms with E-state index in [4.69, 9.17) is 4.98 Å². The highest BCUT2D eigenvalue weighted by atomic mass is 15.1. The van der Waals surface area contributed by atoms with Crippen molar-refractivity contribution < 1.29 is 0 Å². The zero-order chi connectivity index (χ0) is 14.9. The molecule has 0 aliphatic rings. The van der Waals surface area contributed by atoms with E-state index in [0.717, 1.165) is 28.2 Å². The van der Waals surface area contributed by atoms with Gasteiger partial charge in [0.05, 0.1) is 23.9 Å². The predicted octanol–water partition coefficient (Wildman–Crippen LogP) is 3.58. The summed E-state index contributed by atoms with van der Waals surface area (Å²) in [7, 11) is 0. The summed E-state index contributed by atoms with van der Waals surface area (Å²) in [5.74, 6) is 1.01. The fourth-order valence-corrected chi connectivity index (χ4v) is 2.75. The van der Waals surface area contributed by atoms with Crippen molar-refractivity contribution in [2.24, 2.45) is 0 Å². The van der Waals surface area contributed by atoms with Crippen molar-refractivity contribution in [3.63, 3.8) is 0 Å². The smallest absolute Gasteiger partial charge is 0.134 e. The molecule has 2 heterocycles. The molecular weight excluding hydrogens is 272 g/mol. The van der Waals surface area contributed by atoms with E-state index < -0.39 is 0 Å². The summed E-state index contributed by atoms with van der Waals surface area (Å²) >= 11 is 0. The molecule has 22 heavy (non-hydrogen) atoms. The van der Waals surface area contributed by atoms with E-state index in [9.17, 15) is 0 Å². The number of imidazole rings is 2. The molecule has 0 unspecified atom stereocenters. The van der Waals surface area contributed by atoms with Crippen LogP contribution < -0.4 is 0 Å². The van der Waals surface area contributed by atoms with Crippen molar-refractivity contribution >= 4 is 11.0 Å². The Morgan fingerprint density at radius 3 is 2.50 bits per heavy atom. The fraction of sp³-hybridized carbons (Fsp3) is 0.111. The summed E-state index contributed by atoms with van der Waals surface area (Å²) in [4.78, 5) is 9.02. The van der Waals surface area contributed by atoms with E-state index in [1.165, 1.54) is 0 Å². The SMILES string of the molecule is Cc1cncn1Cc1nc2ccccc2n1-c1ccccc1. The van der Waals surface area contributed by atoms with Crippen LogP contribution in [0.1, 0.15) is 11.5 Å². The van der Waals surface area contributed by atoms with Crippen LogP contribution >= 0.6 is 0 Å². The Bertz CT molecular complexity index is 919. The Hall–Kier alpha value is -2.88. The molecule has 4 rings (SSSR count). The summed E-state index contributed by atoms with van der Waals surface area (Å²) in [6.45, 7) is 2.76. The van der Waals surface area contributed by atoms with Crippen molar-refractivity contribution in [2.75, 3.05) is 0 Å². The number of rotatable bonds is 3. The van der Waals surface area contributed by atoms with Gasteiger partial charge in [-0.2, -0.15) is 0 Å². The van der Waals surface area contributed by atoms with Gasteiger partial charge in [0, 0.05) is 17.6 Å². The van der Waals surface area contributed by atoms with Crippen LogP contribution in [0.15, 0.2) is 67.1 Å². The van der Waals surface area contributed by atoms with Crippen LogP contribution in [0.3, 0.4) is 0 Å². The predicted molar refractivity (Wildman–Crippen MR) is 87.1 cm³/mol. The normalized spacial score (nSPS) is 11.1. The quantitative estimate of drug-likeness (QED) is 0.577. The number of para-hydroxylation sites is 3. The third kappa shape index (κ3) is 2.09. The molecule has 0 atom stereocenters. The van der Waals surface area contributed by atoms with Crippen LogP contribution in [0.2, 0.25) is 0 Å². The number of hydrogen-bond acceptors (Lipinski definition) is 2. The van der Waals surface area contributed by atoms with Gasteiger partial charge < -0.3 is 4.57 Å². The van der Waals surface area contributed by atoms with Crippen molar-refractivity contribution in [1.82, 2.24) is 19.1 Å². The Labute approximate surface area is 128 Å². The fourth-order valence-electron chi connectivity index (χ4n) is 2.75. The second kappa shape index (κ2) is 5.15. The minimum Gasteiger partial charge on any atom is -0.327 e. The molecule has 0 bridgehead atoms. The van der Waals surface area contributed by atoms with Crippen LogP contribution in [-0.4, -0.2) is 19.1 Å². The summed E-state index contributed by atoms with van der Waals surface area (Å²) in [5, 5.41) is 0. The minimum atomic E-state index is 0.704. The molecule has 0 saturated heterocycles. The van der Waals surface area contributed by atoms with E-state index in [2.05, 4.69) is 63.5 Å². The Morgan fingerprint density at radius 1 is 0.955 bits per heavy atom. The van der Waals surface area contributed by atoms with E-state index in [0.29, 0.717) is 6.54 Å². The number of hydrogen-bond donors (Lipinski definition) is 0. The topological polar surface area (TPSA) is 35.6 Å². The van der Waals surface area contributed by atoms with Crippen molar-refractivity contribution in [3.8, 4) is 5.69 Å². The lowest BCUT2D eigenvalue weighted by Crippen LogP contribution is -2.07. The Kier molecular flexibility index (Phi) is 3.00. The molecular formula is C18H16N4. The number of aromatic nitrogens is 4. The van der Waals surface area contributed by atoms with E-state index >= 15 is 0 Å². The van der Waals surface area contributed by atoms with E-state index in [-0.39, 0.29) is 0 Å². The number of aryl methyl sites for hydroxylation is 1. The van der Waals surface area contributed by atoms with Crippen LogP contribution in [0.5, 0.6) is 0 Å². The molecule has 0 amide bonds. The second-order valence-corrected chi connectivity index (χ2v) is 5.35. The van der Waals surface area contributed by atoms with Gasteiger partial charge in [-0.15, -0.1) is 0 Å². The lowest BCUT2D eigenvalue weighted by atomic mass is 10.3. The first-order valence-electron chi connectivity index (χ1n) is 7.31. The molecule has 0 aliphatic carbocycles. The van der Waals surface area contributed by atoms with E-state index in [1.807, 2.05) is 24.7 Å². The molecule has 4 nitrogen and oxygen atoms in total. The summed E-state index contributed by atoms with van der Waals surface area (Å²) in [6.07, 6.45) is 3.72. The van der Waals surface area contributed by atoms with Crippen molar-refractivity contribution in [1.29, 1.82) is 0 Å². The largest absolute Gasteiger partial charge is 0.327 e. The molecule has 0 aliphatic heterocycles. The van der Waals surface area contributed by atoms with Crippen LogP contribution in [0, 0.1) is 6.92 Å². The van der Waals surface area contributed by atoms with Gasteiger partial charge in [-0.3, -0.25) is 4.57 Å². The lowest BCUT2D eigenvalue weighted by molar-refractivity contribution is 0.715. The molecule has 2 aromatic heterocycles. The molecule has 0 N–H and O–H groups in total. The molecule has 2 aromatic carbocycles.